The molecule has 0 unspecified atom stereocenters. The first kappa shape index (κ1) is 13.1. The molecule has 1 aliphatic rings. The van der Waals surface area contributed by atoms with E-state index in [4.69, 9.17) is 10.5 Å². The summed E-state index contributed by atoms with van der Waals surface area (Å²) in [4.78, 5) is 21.9. The van der Waals surface area contributed by atoms with Gasteiger partial charge in [-0.2, -0.15) is 10.5 Å². The van der Waals surface area contributed by atoms with Gasteiger partial charge in [-0.3, -0.25) is 9.59 Å². The SMILES string of the molecule is CC(=O)NC1=C(C#N)NC(NC(C)=O)=C(C#N)N1. The van der Waals surface area contributed by atoms with Crippen molar-refractivity contribution >= 4 is 11.8 Å². The minimum absolute atomic E-state index is 0.00653. The molecule has 8 nitrogen and oxygen atoms in total. The number of nitrogens with zero attached hydrogens (tertiary/aromatic N) is 2. The van der Waals surface area contributed by atoms with Crippen LogP contribution in [0.5, 0.6) is 0 Å². The first-order valence-corrected chi connectivity index (χ1v) is 4.86. The van der Waals surface area contributed by atoms with Crippen LogP contribution in [0.15, 0.2) is 23.0 Å². The number of hydrogen-bond donors (Lipinski definition) is 4. The third-order valence-corrected chi connectivity index (χ3v) is 1.83. The van der Waals surface area contributed by atoms with Gasteiger partial charge in [-0.05, 0) is 0 Å². The van der Waals surface area contributed by atoms with E-state index in [-0.39, 0.29) is 23.0 Å². The van der Waals surface area contributed by atoms with Crippen LogP contribution in [0.1, 0.15) is 13.8 Å². The molecule has 0 atom stereocenters. The van der Waals surface area contributed by atoms with E-state index in [1.807, 2.05) is 0 Å². The number of allylic oxidation sites excluding steroid dienone is 2. The molecule has 0 saturated heterocycles. The lowest BCUT2D eigenvalue weighted by Gasteiger charge is -2.22. The average molecular weight is 246 g/mol. The first-order valence-electron chi connectivity index (χ1n) is 4.86. The lowest BCUT2D eigenvalue weighted by Crippen LogP contribution is -2.43. The Morgan fingerprint density at radius 1 is 0.944 bits per heavy atom. The minimum atomic E-state index is -0.396. The van der Waals surface area contributed by atoms with Crippen molar-refractivity contribution < 1.29 is 9.59 Å². The Bertz CT molecular complexity index is 496. The zero-order chi connectivity index (χ0) is 13.7. The molecule has 0 spiro atoms. The van der Waals surface area contributed by atoms with Crippen molar-refractivity contribution in [1.29, 1.82) is 10.5 Å². The number of carbonyl (C=O) groups excluding carboxylic acids is 2. The van der Waals surface area contributed by atoms with Crippen molar-refractivity contribution in [2.75, 3.05) is 0 Å². The van der Waals surface area contributed by atoms with Crippen LogP contribution < -0.4 is 21.3 Å². The Kier molecular flexibility index (Phi) is 3.89. The minimum Gasteiger partial charge on any atom is -0.328 e. The summed E-state index contributed by atoms with van der Waals surface area (Å²) in [5.74, 6) is -0.661. The van der Waals surface area contributed by atoms with Crippen LogP contribution in [-0.2, 0) is 9.59 Å². The summed E-state index contributed by atoms with van der Waals surface area (Å²) in [6.45, 7) is 2.53. The largest absolute Gasteiger partial charge is 0.328 e. The van der Waals surface area contributed by atoms with Gasteiger partial charge in [0.05, 0.1) is 0 Å². The van der Waals surface area contributed by atoms with Crippen molar-refractivity contribution in [3.05, 3.63) is 23.0 Å². The second-order valence-electron chi connectivity index (χ2n) is 3.34. The van der Waals surface area contributed by atoms with Gasteiger partial charge in [-0.1, -0.05) is 0 Å². The summed E-state index contributed by atoms with van der Waals surface area (Å²) in [6.07, 6.45) is 0. The zero-order valence-corrected chi connectivity index (χ0v) is 9.71. The molecule has 0 aromatic rings. The maximum atomic E-state index is 10.9. The van der Waals surface area contributed by atoms with Gasteiger partial charge in [-0.15, -0.1) is 0 Å². The number of nitrogens with one attached hydrogen (secondary N) is 4. The Morgan fingerprint density at radius 2 is 1.28 bits per heavy atom. The highest BCUT2D eigenvalue weighted by Crippen LogP contribution is 2.08. The van der Waals surface area contributed by atoms with Gasteiger partial charge in [-0.25, -0.2) is 0 Å². The second-order valence-corrected chi connectivity index (χ2v) is 3.34. The van der Waals surface area contributed by atoms with E-state index in [1.165, 1.54) is 13.8 Å². The standard InChI is InChI=1S/C10H10N6O2/c1-5(17)13-9-7(3-11)16-10(14-6(2)18)8(4-12)15-9/h15-16H,1-2H3,(H,13,17)(H,14,18). The van der Waals surface area contributed by atoms with Crippen LogP contribution in [0, 0.1) is 22.7 Å². The molecule has 0 aromatic carbocycles. The summed E-state index contributed by atoms with van der Waals surface area (Å²) < 4.78 is 0. The Labute approximate surface area is 103 Å². The normalized spacial score (nSPS) is 13.8. The lowest BCUT2D eigenvalue weighted by molar-refractivity contribution is -0.119. The van der Waals surface area contributed by atoms with Crippen LogP contribution in [0.25, 0.3) is 0 Å². The first-order chi connectivity index (χ1) is 8.47. The molecule has 0 aromatic heterocycles. The van der Waals surface area contributed by atoms with Crippen LogP contribution in [0.3, 0.4) is 0 Å². The highest BCUT2D eigenvalue weighted by atomic mass is 16.2. The third kappa shape index (κ3) is 3.00. The fourth-order valence-electron chi connectivity index (χ4n) is 1.21. The molecule has 0 bridgehead atoms. The molecule has 92 valence electrons. The Morgan fingerprint density at radius 3 is 1.50 bits per heavy atom. The molecule has 0 fully saturated rings. The molecule has 1 aliphatic heterocycles. The van der Waals surface area contributed by atoms with E-state index in [0.29, 0.717) is 0 Å². The van der Waals surface area contributed by atoms with Crippen LogP contribution in [-0.4, -0.2) is 11.8 Å². The predicted octanol–water partition coefficient (Wildman–Crippen LogP) is -1.16. The molecule has 2 amide bonds. The van der Waals surface area contributed by atoms with Gasteiger partial charge < -0.3 is 21.3 Å². The van der Waals surface area contributed by atoms with Gasteiger partial charge >= 0.3 is 0 Å². The maximum absolute atomic E-state index is 10.9. The van der Waals surface area contributed by atoms with Crippen molar-refractivity contribution in [2.45, 2.75) is 13.8 Å². The monoisotopic (exact) mass is 246 g/mol. The van der Waals surface area contributed by atoms with Gasteiger partial charge in [0, 0.05) is 13.8 Å². The molecule has 0 aliphatic carbocycles. The highest BCUT2D eigenvalue weighted by molar-refractivity contribution is 5.76. The van der Waals surface area contributed by atoms with E-state index in [1.54, 1.807) is 12.1 Å². The Hall–Kier alpha value is -3.00. The van der Waals surface area contributed by atoms with Crippen LogP contribution in [0.2, 0.25) is 0 Å². The maximum Gasteiger partial charge on any atom is 0.222 e. The van der Waals surface area contributed by atoms with E-state index in [2.05, 4.69) is 21.3 Å². The molecular weight excluding hydrogens is 236 g/mol. The van der Waals surface area contributed by atoms with Gasteiger partial charge in [0.15, 0.2) is 11.4 Å². The van der Waals surface area contributed by atoms with Gasteiger partial charge in [0.25, 0.3) is 0 Å². The van der Waals surface area contributed by atoms with E-state index in [0.717, 1.165) is 0 Å². The lowest BCUT2D eigenvalue weighted by atomic mass is 10.3. The molecule has 1 rings (SSSR count). The number of hydrogen-bond acceptors (Lipinski definition) is 6. The van der Waals surface area contributed by atoms with E-state index in [9.17, 15) is 9.59 Å². The molecule has 18 heavy (non-hydrogen) atoms. The summed E-state index contributed by atoms with van der Waals surface area (Å²) in [7, 11) is 0. The van der Waals surface area contributed by atoms with E-state index < -0.39 is 11.8 Å². The smallest absolute Gasteiger partial charge is 0.222 e. The van der Waals surface area contributed by atoms with Crippen molar-refractivity contribution in [3.63, 3.8) is 0 Å². The Balaban J connectivity index is 3.04. The molecule has 0 radical (unpaired) electrons. The summed E-state index contributed by atoms with van der Waals surface area (Å²) in [6, 6.07) is 3.61. The average Bonchev–Trinajstić information content (AvgIpc) is 2.29. The number of nitriles is 2. The van der Waals surface area contributed by atoms with Crippen molar-refractivity contribution in [2.24, 2.45) is 0 Å². The number of carbonyl (C=O) groups is 2. The van der Waals surface area contributed by atoms with Crippen molar-refractivity contribution in [1.82, 2.24) is 21.3 Å². The van der Waals surface area contributed by atoms with Gasteiger partial charge in [0.1, 0.15) is 23.8 Å². The van der Waals surface area contributed by atoms with Crippen LogP contribution in [0.4, 0.5) is 0 Å². The summed E-state index contributed by atoms with van der Waals surface area (Å²) >= 11 is 0. The molecule has 0 saturated carbocycles. The van der Waals surface area contributed by atoms with E-state index >= 15 is 0 Å². The quantitative estimate of drug-likeness (QED) is 0.486. The molecule has 8 heteroatoms. The second kappa shape index (κ2) is 5.37. The topological polar surface area (TPSA) is 130 Å². The van der Waals surface area contributed by atoms with Gasteiger partial charge in [0.2, 0.25) is 11.8 Å². The molecular formula is C10H10N6O2. The summed E-state index contributed by atoms with van der Waals surface area (Å²) in [5.41, 5.74) is -0.0131. The highest BCUT2D eigenvalue weighted by Gasteiger charge is 2.21. The number of rotatable bonds is 2. The fraction of sp³-hybridized carbons (Fsp3) is 0.200. The fourth-order valence-corrected chi connectivity index (χ4v) is 1.21. The summed E-state index contributed by atoms with van der Waals surface area (Å²) in [5, 5.41) is 27.7. The molecule has 4 N–H and O–H groups in total. The zero-order valence-electron chi connectivity index (χ0n) is 9.71. The number of amides is 2. The van der Waals surface area contributed by atoms with Crippen LogP contribution >= 0.6 is 0 Å². The van der Waals surface area contributed by atoms with Crippen molar-refractivity contribution in [3.8, 4) is 12.1 Å². The molecule has 1 heterocycles. The predicted molar refractivity (Wildman–Crippen MR) is 59.2 cm³/mol. The third-order valence-electron chi connectivity index (χ3n) is 1.83.